The lowest BCUT2D eigenvalue weighted by molar-refractivity contribution is -0.159. The summed E-state index contributed by atoms with van der Waals surface area (Å²) in [6.07, 6.45) is 0.860. The van der Waals surface area contributed by atoms with Gasteiger partial charge in [-0.3, -0.25) is 4.90 Å². The molecule has 0 aliphatic carbocycles. The molecular weight excluding hydrogens is 574 g/mol. The molecule has 1 saturated heterocycles. The summed E-state index contributed by atoms with van der Waals surface area (Å²) in [7, 11) is 0. The monoisotopic (exact) mass is 603 g/mol. The molecule has 4 aromatic rings. The average Bonchev–Trinajstić information content (AvgIpc) is 3.42. The van der Waals surface area contributed by atoms with Crippen LogP contribution < -0.4 is 4.74 Å². The van der Waals surface area contributed by atoms with Crippen molar-refractivity contribution in [1.29, 1.82) is 0 Å². The van der Waals surface area contributed by atoms with Crippen molar-refractivity contribution in [2.45, 2.75) is 31.4 Å². The summed E-state index contributed by atoms with van der Waals surface area (Å²) in [6, 6.07) is 33.5. The summed E-state index contributed by atoms with van der Waals surface area (Å²) < 4.78 is 18.6. The Bertz CT molecular complexity index is 1400. The molecule has 0 saturated carbocycles. The Balaban J connectivity index is 1.03. The number of alkyl halides is 1. The second-order valence-corrected chi connectivity index (χ2v) is 11.2. The van der Waals surface area contributed by atoms with E-state index >= 15 is 0 Å². The van der Waals surface area contributed by atoms with E-state index in [1.807, 2.05) is 24.3 Å². The van der Waals surface area contributed by atoms with Crippen LogP contribution in [0.1, 0.15) is 22.3 Å². The maximum atomic E-state index is 6.32. The van der Waals surface area contributed by atoms with Gasteiger partial charge < -0.3 is 14.2 Å². The van der Waals surface area contributed by atoms with E-state index in [2.05, 4.69) is 93.6 Å². The molecule has 6 rings (SSSR count). The zero-order valence-corrected chi connectivity index (χ0v) is 24.0. The first-order chi connectivity index (χ1) is 19.1. The predicted molar refractivity (Wildman–Crippen MR) is 159 cm³/mol. The molecule has 0 amide bonds. The van der Waals surface area contributed by atoms with E-state index in [0.29, 0.717) is 23.6 Å². The van der Waals surface area contributed by atoms with Gasteiger partial charge in [-0.15, -0.1) is 0 Å². The Hall–Kier alpha value is -2.67. The summed E-state index contributed by atoms with van der Waals surface area (Å²) in [5, 5.41) is 1.22. The number of nitrogens with zero attached hydrogens (tertiary/aromatic N) is 1. The highest BCUT2D eigenvalue weighted by molar-refractivity contribution is 9.09. The molecule has 0 spiro atoms. The van der Waals surface area contributed by atoms with E-state index in [0.717, 1.165) is 37.4 Å². The lowest BCUT2D eigenvalue weighted by atomic mass is 9.98. The summed E-state index contributed by atoms with van der Waals surface area (Å²) in [5.74, 6) is 0.0601. The predicted octanol–water partition coefficient (Wildman–Crippen LogP) is 7.61. The molecule has 2 unspecified atom stereocenters. The summed E-state index contributed by atoms with van der Waals surface area (Å²) in [4.78, 5) is 2.51. The zero-order chi connectivity index (χ0) is 26.7. The number of ether oxygens (including phenoxy) is 3. The molecule has 200 valence electrons. The topological polar surface area (TPSA) is 30.9 Å². The molecule has 39 heavy (non-hydrogen) atoms. The third-order valence-electron chi connectivity index (χ3n) is 7.49. The van der Waals surface area contributed by atoms with E-state index in [4.69, 9.17) is 25.8 Å². The van der Waals surface area contributed by atoms with Crippen LogP contribution in [0.2, 0.25) is 5.02 Å². The summed E-state index contributed by atoms with van der Waals surface area (Å²) >= 11 is 9.62. The lowest BCUT2D eigenvalue weighted by Gasteiger charge is -2.29. The Morgan fingerprint density at radius 2 is 1.67 bits per heavy atom. The van der Waals surface area contributed by atoms with Gasteiger partial charge in [0.1, 0.15) is 18.5 Å². The largest absolute Gasteiger partial charge is 0.491 e. The SMILES string of the molecule is Clc1ccc(C2(CBr)OCC(COc3ccc4c(c3)CCN(Cc3ccc(-c5ccccc5)cc3)C4)O2)cc1. The van der Waals surface area contributed by atoms with Gasteiger partial charge in [-0.25, -0.2) is 0 Å². The van der Waals surface area contributed by atoms with Gasteiger partial charge >= 0.3 is 0 Å². The van der Waals surface area contributed by atoms with Crippen molar-refractivity contribution in [1.82, 2.24) is 4.90 Å². The highest BCUT2D eigenvalue weighted by Crippen LogP contribution is 2.37. The highest BCUT2D eigenvalue weighted by atomic mass is 79.9. The molecule has 1 fully saturated rings. The molecule has 4 aromatic carbocycles. The lowest BCUT2D eigenvalue weighted by Crippen LogP contribution is -2.31. The summed E-state index contributed by atoms with van der Waals surface area (Å²) in [6.45, 7) is 3.84. The van der Waals surface area contributed by atoms with E-state index in [1.54, 1.807) is 0 Å². The van der Waals surface area contributed by atoms with Gasteiger partial charge in [0.25, 0.3) is 0 Å². The highest BCUT2D eigenvalue weighted by Gasteiger charge is 2.42. The van der Waals surface area contributed by atoms with Crippen LogP contribution in [0.5, 0.6) is 5.75 Å². The second-order valence-electron chi connectivity index (χ2n) is 10.2. The zero-order valence-electron chi connectivity index (χ0n) is 21.7. The van der Waals surface area contributed by atoms with Gasteiger partial charge in [0.2, 0.25) is 5.79 Å². The molecule has 0 radical (unpaired) electrons. The van der Waals surface area contributed by atoms with Crippen LogP contribution in [0, 0.1) is 0 Å². The number of halogens is 2. The Labute approximate surface area is 243 Å². The van der Waals surface area contributed by atoms with Gasteiger partial charge in [0, 0.05) is 30.2 Å². The Morgan fingerprint density at radius 1 is 0.897 bits per heavy atom. The number of fused-ring (bicyclic) bond motifs is 1. The average molecular weight is 605 g/mol. The molecule has 2 heterocycles. The number of benzene rings is 4. The third-order valence-corrected chi connectivity index (χ3v) is 8.48. The van der Waals surface area contributed by atoms with Crippen LogP contribution in [0.4, 0.5) is 0 Å². The van der Waals surface area contributed by atoms with E-state index in [1.165, 1.54) is 27.8 Å². The van der Waals surface area contributed by atoms with Gasteiger partial charge in [-0.1, -0.05) is 100 Å². The van der Waals surface area contributed by atoms with Crippen LogP contribution in [-0.2, 0) is 34.8 Å². The van der Waals surface area contributed by atoms with Crippen molar-refractivity contribution in [3.8, 4) is 16.9 Å². The van der Waals surface area contributed by atoms with Gasteiger partial charge in [-0.05, 0) is 58.5 Å². The van der Waals surface area contributed by atoms with Crippen molar-refractivity contribution in [3.05, 3.63) is 124 Å². The van der Waals surface area contributed by atoms with Crippen molar-refractivity contribution < 1.29 is 14.2 Å². The second kappa shape index (κ2) is 11.8. The fraction of sp³-hybridized carbons (Fsp3) is 0.273. The van der Waals surface area contributed by atoms with Crippen molar-refractivity contribution >= 4 is 27.5 Å². The molecule has 2 atom stereocenters. The van der Waals surface area contributed by atoms with Crippen molar-refractivity contribution in [2.75, 3.05) is 25.1 Å². The Kier molecular flexibility index (Phi) is 8.05. The van der Waals surface area contributed by atoms with Crippen LogP contribution in [0.15, 0.2) is 97.1 Å². The number of hydrogen-bond donors (Lipinski definition) is 0. The first kappa shape index (κ1) is 26.5. The van der Waals surface area contributed by atoms with Gasteiger partial charge in [0.15, 0.2) is 0 Å². The molecule has 0 N–H and O–H groups in total. The van der Waals surface area contributed by atoms with Gasteiger partial charge in [-0.2, -0.15) is 0 Å². The number of hydrogen-bond acceptors (Lipinski definition) is 4. The number of rotatable bonds is 8. The minimum atomic E-state index is -0.820. The quantitative estimate of drug-likeness (QED) is 0.194. The molecular formula is C33H31BrClNO3. The first-order valence-electron chi connectivity index (χ1n) is 13.4. The van der Waals surface area contributed by atoms with Crippen LogP contribution in [0.3, 0.4) is 0 Å². The molecule has 6 heteroatoms. The smallest absolute Gasteiger partial charge is 0.205 e. The van der Waals surface area contributed by atoms with E-state index in [9.17, 15) is 0 Å². The van der Waals surface area contributed by atoms with Crippen molar-refractivity contribution in [2.24, 2.45) is 0 Å². The molecule has 2 aliphatic heterocycles. The van der Waals surface area contributed by atoms with Crippen molar-refractivity contribution in [3.63, 3.8) is 0 Å². The van der Waals surface area contributed by atoms with E-state index in [-0.39, 0.29) is 6.10 Å². The third kappa shape index (κ3) is 6.08. The maximum Gasteiger partial charge on any atom is 0.205 e. The molecule has 0 bridgehead atoms. The molecule has 2 aliphatic rings. The van der Waals surface area contributed by atoms with Crippen LogP contribution in [0.25, 0.3) is 11.1 Å². The Morgan fingerprint density at radius 3 is 2.44 bits per heavy atom. The van der Waals surface area contributed by atoms with Crippen LogP contribution in [-0.4, -0.2) is 36.1 Å². The molecule has 0 aromatic heterocycles. The minimum absolute atomic E-state index is 0.155. The van der Waals surface area contributed by atoms with Gasteiger partial charge in [0.05, 0.1) is 11.9 Å². The minimum Gasteiger partial charge on any atom is -0.491 e. The standard InChI is InChI=1S/C33H31BrClNO3/c34-23-33(29-11-13-30(35)14-12-29)38-22-32(39-33)21-37-31-15-10-28-20-36(17-16-27(28)18-31)19-24-6-8-26(9-7-24)25-4-2-1-3-5-25/h1-15,18,32H,16-17,19-23H2. The fourth-order valence-electron chi connectivity index (χ4n) is 5.34. The van der Waals surface area contributed by atoms with Crippen LogP contribution >= 0.6 is 27.5 Å². The van der Waals surface area contributed by atoms with E-state index < -0.39 is 5.79 Å². The summed E-state index contributed by atoms with van der Waals surface area (Å²) in [5.41, 5.74) is 7.53. The fourth-order valence-corrected chi connectivity index (χ4v) is 6.09. The molecule has 4 nitrogen and oxygen atoms in total. The first-order valence-corrected chi connectivity index (χ1v) is 14.9. The maximum absolute atomic E-state index is 6.32. The normalized spacial score (nSPS) is 21.0.